The maximum absolute atomic E-state index is 13.0. The molecule has 2 aromatic carbocycles. The molecule has 138 valence electrons. The summed E-state index contributed by atoms with van der Waals surface area (Å²) in [5, 5.41) is 10.6. The Bertz CT molecular complexity index is 948. The summed E-state index contributed by atoms with van der Waals surface area (Å²) in [7, 11) is -3.42. The molecule has 1 N–H and O–H groups in total. The van der Waals surface area contributed by atoms with Gasteiger partial charge < -0.3 is 10.0 Å². The minimum absolute atomic E-state index is 0.0731. The van der Waals surface area contributed by atoms with Gasteiger partial charge in [-0.2, -0.15) is 0 Å². The van der Waals surface area contributed by atoms with Crippen molar-refractivity contribution in [3.05, 3.63) is 65.0 Å². The van der Waals surface area contributed by atoms with Crippen molar-refractivity contribution in [1.29, 1.82) is 0 Å². The first-order valence-electron chi connectivity index (χ1n) is 8.25. The quantitative estimate of drug-likeness (QED) is 0.886. The lowest BCUT2D eigenvalue weighted by Crippen LogP contribution is -2.61. The summed E-state index contributed by atoms with van der Waals surface area (Å²) in [5.74, 6) is -0.714. The van der Waals surface area contributed by atoms with E-state index in [1.54, 1.807) is 6.07 Å². The van der Waals surface area contributed by atoms with Crippen LogP contribution in [0.2, 0.25) is 0 Å². The Morgan fingerprint density at radius 1 is 1.19 bits per heavy atom. The van der Waals surface area contributed by atoms with Crippen molar-refractivity contribution in [2.24, 2.45) is 0 Å². The molecule has 0 aliphatic carbocycles. The first kappa shape index (κ1) is 18.5. The number of nitrogens with zero attached hydrogens (tertiary/aromatic N) is 1. The highest BCUT2D eigenvalue weighted by molar-refractivity contribution is 7.90. The largest absolute Gasteiger partial charge is 0.381 e. The number of likely N-dealkylation sites (tertiary alicyclic amines) is 1. The number of carbonyl (C=O) groups is 1. The standard InChI is InChI=1S/C19H20FNO4S/c1-3-13-4-9-16(26(2,24)25)10-17(13)18(22)21-11-19(23,12-21)14-5-7-15(20)8-6-14/h4-10,23H,3,11-12H2,1-2H3. The van der Waals surface area contributed by atoms with Gasteiger partial charge in [0.25, 0.3) is 5.91 Å². The van der Waals surface area contributed by atoms with Gasteiger partial charge in [0.15, 0.2) is 9.84 Å². The van der Waals surface area contributed by atoms with E-state index in [0.29, 0.717) is 17.5 Å². The third-order valence-corrected chi connectivity index (χ3v) is 5.80. The first-order valence-corrected chi connectivity index (χ1v) is 10.1. The Kier molecular flexibility index (Phi) is 4.62. The van der Waals surface area contributed by atoms with Crippen molar-refractivity contribution in [3.63, 3.8) is 0 Å². The number of benzene rings is 2. The molecule has 0 spiro atoms. The van der Waals surface area contributed by atoms with Crippen LogP contribution in [-0.2, 0) is 21.9 Å². The van der Waals surface area contributed by atoms with Gasteiger partial charge in [-0.25, -0.2) is 12.8 Å². The lowest BCUT2D eigenvalue weighted by Gasteiger charge is -2.47. The molecule has 0 bridgehead atoms. The minimum atomic E-state index is -3.42. The average Bonchev–Trinajstić information content (AvgIpc) is 2.57. The Hall–Kier alpha value is -2.25. The van der Waals surface area contributed by atoms with E-state index in [0.717, 1.165) is 11.8 Å². The number of carbonyl (C=O) groups excluding carboxylic acids is 1. The Morgan fingerprint density at radius 3 is 2.35 bits per heavy atom. The van der Waals surface area contributed by atoms with Crippen LogP contribution in [0.25, 0.3) is 0 Å². The van der Waals surface area contributed by atoms with Gasteiger partial charge in [0.2, 0.25) is 0 Å². The summed E-state index contributed by atoms with van der Waals surface area (Å²) in [6, 6.07) is 10.1. The van der Waals surface area contributed by atoms with Crippen LogP contribution in [-0.4, -0.2) is 43.7 Å². The molecule has 3 rings (SSSR count). The molecule has 0 atom stereocenters. The number of halogens is 1. The lowest BCUT2D eigenvalue weighted by atomic mass is 9.85. The molecule has 0 unspecified atom stereocenters. The maximum atomic E-state index is 13.0. The van der Waals surface area contributed by atoms with Crippen LogP contribution >= 0.6 is 0 Å². The van der Waals surface area contributed by atoms with Gasteiger partial charge >= 0.3 is 0 Å². The van der Waals surface area contributed by atoms with E-state index in [2.05, 4.69) is 0 Å². The van der Waals surface area contributed by atoms with Crippen LogP contribution in [0, 0.1) is 5.82 Å². The van der Waals surface area contributed by atoms with Gasteiger partial charge in [-0.1, -0.05) is 25.1 Å². The zero-order chi connectivity index (χ0) is 19.1. The Morgan fingerprint density at radius 2 is 1.81 bits per heavy atom. The smallest absolute Gasteiger partial charge is 0.254 e. The molecule has 1 saturated heterocycles. The first-order chi connectivity index (χ1) is 12.1. The van der Waals surface area contributed by atoms with Crippen molar-refractivity contribution in [3.8, 4) is 0 Å². The van der Waals surface area contributed by atoms with Gasteiger partial charge in [0.05, 0.1) is 18.0 Å². The third kappa shape index (κ3) is 3.37. The zero-order valence-corrected chi connectivity index (χ0v) is 15.4. The monoisotopic (exact) mass is 377 g/mol. The van der Waals surface area contributed by atoms with Gasteiger partial charge in [0.1, 0.15) is 11.4 Å². The van der Waals surface area contributed by atoms with E-state index in [9.17, 15) is 22.7 Å². The lowest BCUT2D eigenvalue weighted by molar-refractivity contribution is -0.0864. The second-order valence-electron chi connectivity index (χ2n) is 6.64. The van der Waals surface area contributed by atoms with Crippen LogP contribution in [0.5, 0.6) is 0 Å². The Balaban J connectivity index is 1.84. The van der Waals surface area contributed by atoms with E-state index >= 15 is 0 Å². The molecule has 1 aliphatic rings. The number of sulfone groups is 1. The van der Waals surface area contributed by atoms with E-state index in [-0.39, 0.29) is 23.9 Å². The van der Waals surface area contributed by atoms with Crippen molar-refractivity contribution in [2.75, 3.05) is 19.3 Å². The van der Waals surface area contributed by atoms with E-state index in [1.807, 2.05) is 6.92 Å². The zero-order valence-electron chi connectivity index (χ0n) is 14.6. The summed E-state index contributed by atoms with van der Waals surface area (Å²) in [4.78, 5) is 14.4. The summed E-state index contributed by atoms with van der Waals surface area (Å²) in [6.07, 6.45) is 1.68. The molecule has 2 aromatic rings. The molecule has 1 heterocycles. The molecule has 1 aliphatic heterocycles. The second-order valence-corrected chi connectivity index (χ2v) is 8.66. The van der Waals surface area contributed by atoms with Crippen LogP contribution in [0.4, 0.5) is 4.39 Å². The number of aryl methyl sites for hydroxylation is 1. The van der Waals surface area contributed by atoms with Gasteiger partial charge in [0, 0.05) is 11.8 Å². The van der Waals surface area contributed by atoms with E-state index in [4.69, 9.17) is 0 Å². The molecule has 1 fully saturated rings. The fraction of sp³-hybridized carbons (Fsp3) is 0.316. The van der Waals surface area contributed by atoms with Crippen LogP contribution < -0.4 is 0 Å². The number of aliphatic hydroxyl groups is 1. The minimum Gasteiger partial charge on any atom is -0.381 e. The topological polar surface area (TPSA) is 74.7 Å². The molecule has 0 aromatic heterocycles. The second kappa shape index (κ2) is 6.48. The van der Waals surface area contributed by atoms with Crippen molar-refractivity contribution in [1.82, 2.24) is 4.90 Å². The van der Waals surface area contributed by atoms with E-state index < -0.39 is 21.3 Å². The molecular formula is C19H20FNO4S. The normalized spacial score (nSPS) is 16.2. The van der Waals surface area contributed by atoms with Crippen LogP contribution in [0.3, 0.4) is 0 Å². The summed E-state index contributed by atoms with van der Waals surface area (Å²) < 4.78 is 36.6. The SMILES string of the molecule is CCc1ccc(S(C)(=O)=O)cc1C(=O)N1CC(O)(c2ccc(F)cc2)C1. The molecule has 1 amide bonds. The summed E-state index contributed by atoms with van der Waals surface area (Å²) >= 11 is 0. The van der Waals surface area contributed by atoms with Gasteiger partial charge in [-0.05, 0) is 41.8 Å². The van der Waals surface area contributed by atoms with Crippen LogP contribution in [0.15, 0.2) is 47.4 Å². The number of amides is 1. The molecule has 26 heavy (non-hydrogen) atoms. The molecule has 5 nitrogen and oxygen atoms in total. The van der Waals surface area contributed by atoms with Gasteiger partial charge in [-0.3, -0.25) is 4.79 Å². The molecule has 0 saturated carbocycles. The number of rotatable bonds is 4. The average molecular weight is 377 g/mol. The predicted molar refractivity (Wildman–Crippen MR) is 95.1 cm³/mol. The third-order valence-electron chi connectivity index (χ3n) is 4.69. The number of hydrogen-bond acceptors (Lipinski definition) is 4. The highest BCUT2D eigenvalue weighted by Crippen LogP contribution is 2.33. The Labute approximate surface area is 152 Å². The molecule has 0 radical (unpaired) electrons. The predicted octanol–water partition coefficient (Wildman–Crippen LogP) is 2.14. The summed E-state index contributed by atoms with van der Waals surface area (Å²) in [6.45, 7) is 2.03. The number of hydrogen-bond donors (Lipinski definition) is 1. The maximum Gasteiger partial charge on any atom is 0.254 e. The van der Waals surface area contributed by atoms with E-state index in [1.165, 1.54) is 41.3 Å². The fourth-order valence-corrected chi connectivity index (χ4v) is 3.78. The highest BCUT2D eigenvalue weighted by Gasteiger charge is 2.45. The number of β-amino-alcohol motifs (C(OH)–C–C–N with tert-alkyl or cyclic N) is 1. The highest BCUT2D eigenvalue weighted by atomic mass is 32.2. The fourth-order valence-electron chi connectivity index (χ4n) is 3.14. The molecule has 7 heteroatoms. The van der Waals surface area contributed by atoms with Crippen molar-refractivity contribution >= 4 is 15.7 Å². The van der Waals surface area contributed by atoms with Crippen LogP contribution in [0.1, 0.15) is 28.4 Å². The van der Waals surface area contributed by atoms with Gasteiger partial charge in [-0.15, -0.1) is 0 Å². The van der Waals surface area contributed by atoms with Crippen molar-refractivity contribution in [2.45, 2.75) is 23.8 Å². The van der Waals surface area contributed by atoms with Crippen molar-refractivity contribution < 1.29 is 22.7 Å². The summed E-state index contributed by atoms with van der Waals surface area (Å²) in [5.41, 5.74) is 0.407. The molecular weight excluding hydrogens is 357 g/mol.